The zero-order valence-electron chi connectivity index (χ0n) is 11.0. The van der Waals surface area contributed by atoms with Crippen molar-refractivity contribution in [2.24, 2.45) is 0 Å². The van der Waals surface area contributed by atoms with E-state index < -0.39 is 9.84 Å². The smallest absolute Gasteiger partial charge is 0.182 e. The van der Waals surface area contributed by atoms with Crippen molar-refractivity contribution in [1.82, 2.24) is 4.90 Å². The van der Waals surface area contributed by atoms with E-state index >= 15 is 0 Å². The van der Waals surface area contributed by atoms with Crippen molar-refractivity contribution in [1.29, 1.82) is 0 Å². The molecule has 1 aromatic carbocycles. The standard InChI is InChI=1S/C14H18N2O2S/c1-15-6-5-12-11(9-15)10-3-2-4-13-14(10)16(12)7-8-19(13,17)18/h2-4,11-12H,5-9H2,1H3/t11-,12-/m0/s1. The molecule has 1 aromatic rings. The summed E-state index contributed by atoms with van der Waals surface area (Å²) in [6, 6.07) is 6.31. The Morgan fingerprint density at radius 1 is 1.26 bits per heavy atom. The fourth-order valence-corrected chi connectivity index (χ4v) is 5.42. The first-order valence-corrected chi connectivity index (χ1v) is 8.54. The average Bonchev–Trinajstić information content (AvgIpc) is 2.69. The quantitative estimate of drug-likeness (QED) is 0.712. The molecule has 0 aromatic heterocycles. The molecule has 0 spiro atoms. The second kappa shape index (κ2) is 3.73. The maximum absolute atomic E-state index is 12.2. The van der Waals surface area contributed by atoms with Gasteiger partial charge in [0.25, 0.3) is 0 Å². The second-order valence-electron chi connectivity index (χ2n) is 5.93. The Kier molecular flexibility index (Phi) is 2.30. The summed E-state index contributed by atoms with van der Waals surface area (Å²) in [5, 5.41) is 0. The minimum atomic E-state index is -3.07. The van der Waals surface area contributed by atoms with E-state index in [1.807, 2.05) is 6.07 Å². The van der Waals surface area contributed by atoms with Crippen LogP contribution in [0.2, 0.25) is 0 Å². The van der Waals surface area contributed by atoms with Gasteiger partial charge in [0.05, 0.1) is 16.3 Å². The van der Waals surface area contributed by atoms with Gasteiger partial charge in [0.2, 0.25) is 0 Å². The van der Waals surface area contributed by atoms with Crippen molar-refractivity contribution in [2.75, 3.05) is 37.3 Å². The van der Waals surface area contributed by atoms with Gasteiger partial charge in [0.15, 0.2) is 9.84 Å². The van der Waals surface area contributed by atoms with Gasteiger partial charge in [0.1, 0.15) is 0 Å². The fraction of sp³-hybridized carbons (Fsp3) is 0.571. The van der Waals surface area contributed by atoms with Crippen LogP contribution in [0.5, 0.6) is 0 Å². The summed E-state index contributed by atoms with van der Waals surface area (Å²) < 4.78 is 24.5. The van der Waals surface area contributed by atoms with E-state index in [1.165, 1.54) is 5.56 Å². The van der Waals surface area contributed by atoms with Crippen molar-refractivity contribution in [3.8, 4) is 0 Å². The van der Waals surface area contributed by atoms with Gasteiger partial charge in [-0.2, -0.15) is 0 Å². The summed E-state index contributed by atoms with van der Waals surface area (Å²) in [6.45, 7) is 2.81. The van der Waals surface area contributed by atoms with E-state index in [-0.39, 0.29) is 5.75 Å². The lowest BCUT2D eigenvalue weighted by Crippen LogP contribution is -2.47. The average molecular weight is 278 g/mol. The van der Waals surface area contributed by atoms with E-state index in [9.17, 15) is 8.42 Å². The molecular weight excluding hydrogens is 260 g/mol. The number of benzene rings is 1. The summed E-state index contributed by atoms with van der Waals surface area (Å²) in [6.07, 6.45) is 1.13. The molecule has 0 radical (unpaired) electrons. The molecule has 4 nitrogen and oxygen atoms in total. The van der Waals surface area contributed by atoms with Gasteiger partial charge in [-0.1, -0.05) is 12.1 Å². The van der Waals surface area contributed by atoms with Crippen LogP contribution in [0.4, 0.5) is 5.69 Å². The lowest BCUT2D eigenvalue weighted by Gasteiger charge is -2.38. The van der Waals surface area contributed by atoms with Crippen LogP contribution >= 0.6 is 0 Å². The highest BCUT2D eigenvalue weighted by atomic mass is 32.2. The molecule has 3 aliphatic rings. The molecule has 0 N–H and O–H groups in total. The maximum Gasteiger partial charge on any atom is 0.182 e. The third-order valence-electron chi connectivity index (χ3n) is 4.83. The number of para-hydroxylation sites is 1. The molecule has 19 heavy (non-hydrogen) atoms. The molecule has 0 saturated carbocycles. The van der Waals surface area contributed by atoms with Crippen LogP contribution in [0.25, 0.3) is 0 Å². The predicted molar refractivity (Wildman–Crippen MR) is 74.5 cm³/mol. The van der Waals surface area contributed by atoms with Crippen molar-refractivity contribution in [3.63, 3.8) is 0 Å². The van der Waals surface area contributed by atoms with Crippen LogP contribution in [0.3, 0.4) is 0 Å². The monoisotopic (exact) mass is 278 g/mol. The highest BCUT2D eigenvalue weighted by molar-refractivity contribution is 7.91. The zero-order chi connectivity index (χ0) is 13.2. The van der Waals surface area contributed by atoms with E-state index in [0.29, 0.717) is 23.4 Å². The first-order chi connectivity index (χ1) is 9.08. The lowest BCUT2D eigenvalue weighted by molar-refractivity contribution is 0.232. The van der Waals surface area contributed by atoms with Gasteiger partial charge < -0.3 is 9.80 Å². The number of hydrogen-bond donors (Lipinski definition) is 0. The van der Waals surface area contributed by atoms with Crippen LogP contribution < -0.4 is 4.90 Å². The number of likely N-dealkylation sites (tertiary alicyclic amines) is 1. The lowest BCUT2D eigenvalue weighted by atomic mass is 9.89. The first kappa shape index (κ1) is 11.7. The van der Waals surface area contributed by atoms with Crippen molar-refractivity contribution < 1.29 is 8.42 Å². The van der Waals surface area contributed by atoms with Gasteiger partial charge in [-0.3, -0.25) is 0 Å². The van der Waals surface area contributed by atoms with Gasteiger partial charge >= 0.3 is 0 Å². The Morgan fingerprint density at radius 2 is 2.11 bits per heavy atom. The maximum atomic E-state index is 12.2. The van der Waals surface area contributed by atoms with E-state index in [0.717, 1.165) is 25.2 Å². The first-order valence-electron chi connectivity index (χ1n) is 6.89. The number of sulfone groups is 1. The molecular formula is C14H18N2O2S. The zero-order valence-corrected chi connectivity index (χ0v) is 11.9. The van der Waals surface area contributed by atoms with Crippen molar-refractivity contribution in [3.05, 3.63) is 23.8 Å². The van der Waals surface area contributed by atoms with Crippen molar-refractivity contribution >= 4 is 15.5 Å². The number of rotatable bonds is 0. The van der Waals surface area contributed by atoms with Crippen LogP contribution in [0.15, 0.2) is 23.1 Å². The Labute approximate surface area is 113 Å². The number of hydrogen-bond acceptors (Lipinski definition) is 4. The third kappa shape index (κ3) is 1.51. The number of fused-ring (bicyclic) bond motifs is 3. The Hall–Kier alpha value is -1.07. The molecule has 3 aliphatic heterocycles. The van der Waals surface area contributed by atoms with Gasteiger partial charge in [-0.05, 0) is 31.6 Å². The highest BCUT2D eigenvalue weighted by Gasteiger charge is 2.45. The predicted octanol–water partition coefficient (Wildman–Crippen LogP) is 1.08. The topological polar surface area (TPSA) is 40.6 Å². The molecule has 102 valence electrons. The second-order valence-corrected chi connectivity index (χ2v) is 8.01. The molecule has 1 fully saturated rings. The highest BCUT2D eigenvalue weighted by Crippen LogP contribution is 2.49. The van der Waals surface area contributed by atoms with Gasteiger partial charge in [-0.15, -0.1) is 0 Å². The van der Waals surface area contributed by atoms with Crippen molar-refractivity contribution in [2.45, 2.75) is 23.3 Å². The Balaban J connectivity index is 1.92. The molecule has 5 heteroatoms. The molecule has 4 rings (SSSR count). The summed E-state index contributed by atoms with van der Waals surface area (Å²) in [7, 11) is -0.918. The largest absolute Gasteiger partial charge is 0.366 e. The SMILES string of the molecule is CN1CC[C@H]2[C@@H](C1)c1cccc3c1N2CCS3(=O)=O. The molecule has 1 saturated heterocycles. The van der Waals surface area contributed by atoms with Crippen LogP contribution in [-0.2, 0) is 9.84 Å². The summed E-state index contributed by atoms with van der Waals surface area (Å²) in [5.74, 6) is 0.740. The van der Waals surface area contributed by atoms with E-state index in [1.54, 1.807) is 6.07 Å². The molecule has 0 bridgehead atoms. The number of likely N-dealkylation sites (N-methyl/N-ethyl adjacent to an activating group) is 1. The van der Waals surface area contributed by atoms with E-state index in [4.69, 9.17) is 0 Å². The minimum absolute atomic E-state index is 0.266. The van der Waals surface area contributed by atoms with Crippen LogP contribution in [0.1, 0.15) is 17.9 Å². The normalized spacial score (nSPS) is 31.9. The summed E-state index contributed by atoms with van der Waals surface area (Å²) in [5.41, 5.74) is 2.26. The Morgan fingerprint density at radius 3 is 2.95 bits per heavy atom. The molecule has 2 atom stereocenters. The molecule has 0 amide bonds. The summed E-state index contributed by atoms with van der Waals surface area (Å²) >= 11 is 0. The van der Waals surface area contributed by atoms with Crippen LogP contribution in [-0.4, -0.2) is 51.8 Å². The fourth-order valence-electron chi connectivity index (χ4n) is 3.95. The number of nitrogens with zero attached hydrogens (tertiary/aromatic N) is 2. The molecule has 0 aliphatic carbocycles. The van der Waals surface area contributed by atoms with Gasteiger partial charge in [-0.25, -0.2) is 8.42 Å². The number of anilines is 1. The van der Waals surface area contributed by atoms with Gasteiger partial charge in [0, 0.05) is 25.0 Å². The van der Waals surface area contributed by atoms with Crippen LogP contribution in [0, 0.1) is 0 Å². The summed E-state index contributed by atoms with van der Waals surface area (Å²) in [4.78, 5) is 5.28. The molecule has 3 heterocycles. The third-order valence-corrected chi connectivity index (χ3v) is 6.55. The molecule has 0 unspecified atom stereocenters. The minimum Gasteiger partial charge on any atom is -0.366 e. The Bertz CT molecular complexity index is 641. The number of piperidine rings is 1. The van der Waals surface area contributed by atoms with E-state index in [2.05, 4.69) is 22.9 Å².